The summed E-state index contributed by atoms with van der Waals surface area (Å²) in [6.07, 6.45) is 2.90. The molecule has 2 aliphatic rings. The summed E-state index contributed by atoms with van der Waals surface area (Å²) >= 11 is 0. The zero-order valence-corrected chi connectivity index (χ0v) is 15.3. The van der Waals surface area contributed by atoms with Crippen LogP contribution in [0.4, 0.5) is 0 Å². The predicted molar refractivity (Wildman–Crippen MR) is 95.7 cm³/mol. The van der Waals surface area contributed by atoms with E-state index in [2.05, 4.69) is 0 Å². The lowest BCUT2D eigenvalue weighted by atomic mass is 9.82. The molecule has 27 heavy (non-hydrogen) atoms. The number of hydrogen-bond donors (Lipinski definition) is 0. The second-order valence-corrected chi connectivity index (χ2v) is 6.86. The van der Waals surface area contributed by atoms with Crippen LogP contribution in [-0.4, -0.2) is 49.5 Å². The summed E-state index contributed by atoms with van der Waals surface area (Å²) in [6, 6.07) is 6.75. The van der Waals surface area contributed by atoms with E-state index >= 15 is 0 Å². The van der Waals surface area contributed by atoms with Crippen molar-refractivity contribution in [1.82, 2.24) is 4.90 Å². The molecule has 7 heteroatoms. The molecule has 1 aromatic carbocycles. The van der Waals surface area contributed by atoms with Crippen molar-refractivity contribution in [1.29, 1.82) is 0 Å². The van der Waals surface area contributed by atoms with Gasteiger partial charge in [0.1, 0.15) is 28.4 Å². The SMILES string of the molecule is COc1cc(OC)c2c(c1)OC1(CCN(C(=O)c3ccco3)CC1)CC2=O. The van der Waals surface area contributed by atoms with Crippen LogP contribution in [0, 0.1) is 0 Å². The van der Waals surface area contributed by atoms with Gasteiger partial charge in [-0.2, -0.15) is 0 Å². The molecule has 1 aromatic heterocycles. The van der Waals surface area contributed by atoms with Crippen molar-refractivity contribution < 1.29 is 28.2 Å². The first-order valence-electron chi connectivity index (χ1n) is 8.86. The van der Waals surface area contributed by atoms with Crippen molar-refractivity contribution in [2.24, 2.45) is 0 Å². The molecule has 2 aromatic rings. The van der Waals surface area contributed by atoms with Crippen molar-refractivity contribution >= 4 is 11.7 Å². The number of rotatable bonds is 3. The Balaban J connectivity index is 1.55. The number of Topliss-reactive ketones (excluding diaryl/α,β-unsaturated/α-hetero) is 1. The Morgan fingerprint density at radius 1 is 1.19 bits per heavy atom. The minimum absolute atomic E-state index is 0.0124. The number of hydrogen-bond acceptors (Lipinski definition) is 6. The van der Waals surface area contributed by atoms with Crippen LogP contribution in [0.25, 0.3) is 0 Å². The molecular formula is C20H21NO6. The van der Waals surface area contributed by atoms with Crippen molar-refractivity contribution in [3.8, 4) is 17.2 Å². The molecule has 0 bridgehead atoms. The molecule has 1 spiro atoms. The zero-order valence-electron chi connectivity index (χ0n) is 15.3. The Hall–Kier alpha value is -2.96. The Morgan fingerprint density at radius 2 is 1.96 bits per heavy atom. The lowest BCUT2D eigenvalue weighted by Gasteiger charge is -2.44. The van der Waals surface area contributed by atoms with Crippen LogP contribution in [-0.2, 0) is 0 Å². The fraction of sp³-hybridized carbons (Fsp3) is 0.400. The van der Waals surface area contributed by atoms with Gasteiger partial charge in [-0.15, -0.1) is 0 Å². The van der Waals surface area contributed by atoms with Crippen LogP contribution in [0.5, 0.6) is 17.2 Å². The summed E-state index contributed by atoms with van der Waals surface area (Å²) in [5.41, 5.74) is -0.153. The Labute approximate surface area is 156 Å². The Bertz CT molecular complexity index is 865. The minimum Gasteiger partial charge on any atom is -0.496 e. The van der Waals surface area contributed by atoms with Crippen LogP contribution in [0.15, 0.2) is 34.9 Å². The molecule has 2 aliphatic heterocycles. The lowest BCUT2D eigenvalue weighted by Crippen LogP contribution is -2.52. The second kappa shape index (κ2) is 6.64. The number of methoxy groups -OCH3 is 2. The van der Waals surface area contributed by atoms with Gasteiger partial charge in [-0.1, -0.05) is 0 Å². The third-order valence-corrected chi connectivity index (χ3v) is 5.28. The molecular weight excluding hydrogens is 350 g/mol. The number of furan rings is 1. The molecule has 1 saturated heterocycles. The Morgan fingerprint density at radius 3 is 2.59 bits per heavy atom. The number of ketones is 1. The highest BCUT2D eigenvalue weighted by Gasteiger charge is 2.45. The van der Waals surface area contributed by atoms with E-state index < -0.39 is 5.60 Å². The van der Waals surface area contributed by atoms with Crippen molar-refractivity contribution in [3.05, 3.63) is 41.9 Å². The average Bonchev–Trinajstić information content (AvgIpc) is 3.21. The Kier molecular flexibility index (Phi) is 4.30. The van der Waals surface area contributed by atoms with E-state index in [1.54, 1.807) is 36.3 Å². The molecule has 0 radical (unpaired) electrons. The number of piperidine rings is 1. The molecule has 0 unspecified atom stereocenters. The summed E-state index contributed by atoms with van der Waals surface area (Å²) < 4.78 is 22.1. The third-order valence-electron chi connectivity index (χ3n) is 5.28. The monoisotopic (exact) mass is 371 g/mol. The van der Waals surface area contributed by atoms with Gasteiger partial charge in [0.2, 0.25) is 0 Å². The quantitative estimate of drug-likeness (QED) is 0.826. The summed E-state index contributed by atoms with van der Waals surface area (Å²) in [7, 11) is 3.08. The molecule has 0 aliphatic carbocycles. The summed E-state index contributed by atoms with van der Waals surface area (Å²) in [4.78, 5) is 27.0. The first kappa shape index (κ1) is 17.5. The first-order chi connectivity index (χ1) is 13.0. The highest BCUT2D eigenvalue weighted by molar-refractivity contribution is 6.03. The van der Waals surface area contributed by atoms with Gasteiger partial charge in [-0.3, -0.25) is 9.59 Å². The first-order valence-corrected chi connectivity index (χ1v) is 8.86. The van der Waals surface area contributed by atoms with Crippen molar-refractivity contribution in [2.75, 3.05) is 27.3 Å². The maximum Gasteiger partial charge on any atom is 0.289 e. The normalized spacial score (nSPS) is 18.0. The summed E-state index contributed by atoms with van der Waals surface area (Å²) in [5, 5.41) is 0. The number of amides is 1. The van der Waals surface area contributed by atoms with Crippen LogP contribution < -0.4 is 14.2 Å². The number of carbonyl (C=O) groups excluding carboxylic acids is 2. The number of benzene rings is 1. The number of likely N-dealkylation sites (tertiary alicyclic amines) is 1. The molecule has 7 nitrogen and oxygen atoms in total. The molecule has 1 amide bonds. The van der Waals surface area contributed by atoms with Gasteiger partial charge in [0.05, 0.1) is 26.9 Å². The van der Waals surface area contributed by atoms with Crippen LogP contribution in [0.3, 0.4) is 0 Å². The molecule has 0 saturated carbocycles. The van der Waals surface area contributed by atoms with Crippen molar-refractivity contribution in [3.63, 3.8) is 0 Å². The average molecular weight is 371 g/mol. The topological polar surface area (TPSA) is 78.2 Å². The fourth-order valence-corrected chi connectivity index (χ4v) is 3.80. The van der Waals surface area contributed by atoms with Gasteiger partial charge in [-0.25, -0.2) is 0 Å². The van der Waals surface area contributed by atoms with Crippen LogP contribution in [0.1, 0.15) is 40.2 Å². The molecule has 4 rings (SSSR count). The summed E-state index contributed by atoms with van der Waals surface area (Å²) in [5.74, 6) is 1.68. The van der Waals surface area contributed by atoms with Crippen LogP contribution >= 0.6 is 0 Å². The van der Waals surface area contributed by atoms with Gasteiger partial charge in [0.25, 0.3) is 5.91 Å². The maximum absolute atomic E-state index is 12.8. The van der Waals surface area contributed by atoms with E-state index in [0.29, 0.717) is 54.5 Å². The predicted octanol–water partition coefficient (Wildman–Crippen LogP) is 2.94. The number of carbonyl (C=O) groups is 2. The molecule has 0 atom stereocenters. The van der Waals surface area contributed by atoms with Crippen molar-refractivity contribution in [2.45, 2.75) is 24.9 Å². The van der Waals surface area contributed by atoms with Gasteiger partial charge < -0.3 is 23.5 Å². The van der Waals surface area contributed by atoms with Crippen LogP contribution in [0.2, 0.25) is 0 Å². The zero-order chi connectivity index (χ0) is 19.0. The maximum atomic E-state index is 12.8. The number of ether oxygens (including phenoxy) is 3. The number of fused-ring (bicyclic) bond motifs is 1. The van der Waals surface area contributed by atoms with E-state index in [0.717, 1.165) is 0 Å². The second-order valence-electron chi connectivity index (χ2n) is 6.86. The lowest BCUT2D eigenvalue weighted by molar-refractivity contribution is -0.00680. The molecule has 3 heterocycles. The fourth-order valence-electron chi connectivity index (χ4n) is 3.80. The van der Waals surface area contributed by atoms with E-state index in [9.17, 15) is 9.59 Å². The van der Waals surface area contributed by atoms with E-state index in [1.807, 2.05) is 0 Å². The standard InChI is InChI=1S/C20H21NO6/c1-24-13-10-16(25-2)18-14(22)12-20(27-17(18)11-13)5-7-21(8-6-20)19(23)15-4-3-9-26-15/h3-4,9-11H,5-8,12H2,1-2H3. The highest BCUT2D eigenvalue weighted by Crippen LogP contribution is 2.44. The third kappa shape index (κ3) is 3.03. The van der Waals surface area contributed by atoms with Gasteiger partial charge in [0.15, 0.2) is 11.5 Å². The largest absolute Gasteiger partial charge is 0.496 e. The van der Waals surface area contributed by atoms with E-state index in [-0.39, 0.29) is 18.1 Å². The van der Waals surface area contributed by atoms with Gasteiger partial charge in [0, 0.05) is 38.1 Å². The smallest absolute Gasteiger partial charge is 0.289 e. The van der Waals surface area contributed by atoms with E-state index in [1.165, 1.54) is 13.4 Å². The summed E-state index contributed by atoms with van der Waals surface area (Å²) in [6.45, 7) is 1.01. The minimum atomic E-state index is -0.610. The number of nitrogens with zero attached hydrogens (tertiary/aromatic N) is 1. The van der Waals surface area contributed by atoms with Gasteiger partial charge in [-0.05, 0) is 12.1 Å². The highest BCUT2D eigenvalue weighted by atomic mass is 16.5. The van der Waals surface area contributed by atoms with Gasteiger partial charge >= 0.3 is 0 Å². The molecule has 142 valence electrons. The molecule has 0 N–H and O–H groups in total. The van der Waals surface area contributed by atoms with E-state index in [4.69, 9.17) is 18.6 Å². The molecule has 1 fully saturated rings.